The van der Waals surface area contributed by atoms with Crippen LogP contribution in [0.4, 0.5) is 5.82 Å². The highest BCUT2D eigenvalue weighted by Gasteiger charge is 2.43. The van der Waals surface area contributed by atoms with Gasteiger partial charge in [0, 0.05) is 23.6 Å². The molecule has 1 aromatic heterocycles. The number of methoxy groups -OCH3 is 2. The van der Waals surface area contributed by atoms with E-state index in [4.69, 9.17) is 9.47 Å². The van der Waals surface area contributed by atoms with Crippen molar-refractivity contribution in [1.29, 1.82) is 0 Å². The normalized spacial score (nSPS) is 18.9. The third-order valence-corrected chi connectivity index (χ3v) is 6.45. The van der Waals surface area contributed by atoms with Gasteiger partial charge in [-0.05, 0) is 41.7 Å². The Balaban J connectivity index is 1.75. The first kappa shape index (κ1) is 21.1. The first-order chi connectivity index (χ1) is 15.8. The van der Waals surface area contributed by atoms with Gasteiger partial charge in [-0.2, -0.15) is 0 Å². The highest BCUT2D eigenvalue weighted by atomic mass is 16.5. The van der Waals surface area contributed by atoms with Crippen molar-refractivity contribution < 1.29 is 14.3 Å². The van der Waals surface area contributed by atoms with Crippen molar-refractivity contribution in [2.75, 3.05) is 19.5 Å². The predicted octanol–water partition coefficient (Wildman–Crippen LogP) is 4.38. The summed E-state index contributed by atoms with van der Waals surface area (Å²) in [6.45, 7) is 4.18. The molecule has 0 amide bonds. The number of benzene rings is 2. The Bertz CT molecular complexity index is 1330. The molecule has 0 radical (unpaired) electrons. The van der Waals surface area contributed by atoms with Crippen molar-refractivity contribution in [3.8, 4) is 17.2 Å². The van der Waals surface area contributed by atoms with Crippen LogP contribution >= 0.6 is 0 Å². The molecule has 2 N–H and O–H groups in total. The average Bonchev–Trinajstić information content (AvgIpc) is 3.13. The molecule has 0 unspecified atom stereocenters. The number of allylic oxidation sites excluding steroid dienone is 2. The van der Waals surface area contributed by atoms with E-state index in [-0.39, 0.29) is 16.8 Å². The van der Waals surface area contributed by atoms with Crippen LogP contribution in [0.15, 0.2) is 64.6 Å². The van der Waals surface area contributed by atoms with E-state index in [1.165, 1.54) is 4.68 Å². The molecule has 2 aliphatic rings. The summed E-state index contributed by atoms with van der Waals surface area (Å²) in [7, 11) is 3.16. The van der Waals surface area contributed by atoms with E-state index in [0.717, 1.165) is 23.4 Å². The molecule has 0 spiro atoms. The molecule has 1 aliphatic heterocycles. The highest BCUT2D eigenvalue weighted by Crippen LogP contribution is 2.48. The van der Waals surface area contributed by atoms with Gasteiger partial charge in [-0.3, -0.25) is 14.7 Å². The quantitative estimate of drug-likeness (QED) is 0.622. The molecule has 5 rings (SSSR count). The number of aromatic nitrogens is 2. The Kier molecular flexibility index (Phi) is 4.92. The minimum Gasteiger partial charge on any atom is -0.493 e. The molecule has 7 nitrogen and oxygen atoms in total. The molecule has 7 heteroatoms. The van der Waals surface area contributed by atoms with Crippen LogP contribution in [-0.2, 0) is 4.79 Å². The van der Waals surface area contributed by atoms with Gasteiger partial charge in [-0.25, -0.2) is 4.68 Å². The molecule has 0 saturated heterocycles. The zero-order valence-electron chi connectivity index (χ0n) is 19.2. The zero-order chi connectivity index (χ0) is 23.3. The van der Waals surface area contributed by atoms with E-state index < -0.39 is 5.92 Å². The van der Waals surface area contributed by atoms with Gasteiger partial charge in [0.15, 0.2) is 17.3 Å². The largest absolute Gasteiger partial charge is 0.493 e. The summed E-state index contributed by atoms with van der Waals surface area (Å²) in [6, 6.07) is 15.0. The number of ketones is 1. The van der Waals surface area contributed by atoms with Crippen LogP contribution in [0.25, 0.3) is 5.69 Å². The summed E-state index contributed by atoms with van der Waals surface area (Å²) in [5.74, 6) is 1.32. The first-order valence-corrected chi connectivity index (χ1v) is 11.0. The van der Waals surface area contributed by atoms with Crippen molar-refractivity contribution in [3.05, 3.63) is 81.3 Å². The lowest BCUT2D eigenvalue weighted by atomic mass is 9.69. The highest BCUT2D eigenvalue weighted by molar-refractivity contribution is 6.01. The molecule has 1 atom stereocenters. The zero-order valence-corrected chi connectivity index (χ0v) is 19.2. The number of hydrogen-bond acceptors (Lipinski definition) is 5. The molecule has 33 heavy (non-hydrogen) atoms. The second kappa shape index (κ2) is 7.69. The molecular formula is C26H27N3O4. The van der Waals surface area contributed by atoms with Gasteiger partial charge < -0.3 is 14.8 Å². The Labute approximate surface area is 192 Å². The third-order valence-electron chi connectivity index (χ3n) is 6.45. The van der Waals surface area contributed by atoms with Crippen LogP contribution in [-0.4, -0.2) is 29.8 Å². The number of fused-ring (bicyclic) bond motifs is 1. The van der Waals surface area contributed by atoms with Crippen molar-refractivity contribution in [3.63, 3.8) is 0 Å². The van der Waals surface area contributed by atoms with Crippen molar-refractivity contribution in [2.45, 2.75) is 32.6 Å². The number of H-pyrrole nitrogens is 1. The van der Waals surface area contributed by atoms with Crippen LogP contribution in [0.1, 0.15) is 43.7 Å². The summed E-state index contributed by atoms with van der Waals surface area (Å²) < 4.78 is 12.5. The summed E-state index contributed by atoms with van der Waals surface area (Å²) in [5, 5.41) is 6.63. The van der Waals surface area contributed by atoms with E-state index in [0.29, 0.717) is 34.9 Å². The van der Waals surface area contributed by atoms with E-state index >= 15 is 0 Å². The van der Waals surface area contributed by atoms with Crippen molar-refractivity contribution in [1.82, 2.24) is 9.78 Å². The summed E-state index contributed by atoms with van der Waals surface area (Å²) in [5.41, 5.74) is 3.24. The number of para-hydroxylation sites is 1. The summed E-state index contributed by atoms with van der Waals surface area (Å²) in [6.07, 6.45) is 1.15. The topological polar surface area (TPSA) is 85.4 Å². The van der Waals surface area contributed by atoms with Crippen LogP contribution in [0.5, 0.6) is 11.5 Å². The van der Waals surface area contributed by atoms with Gasteiger partial charge in [0.2, 0.25) is 0 Å². The van der Waals surface area contributed by atoms with Gasteiger partial charge >= 0.3 is 0 Å². The van der Waals surface area contributed by atoms with E-state index in [9.17, 15) is 9.59 Å². The smallest absolute Gasteiger partial charge is 0.277 e. The fourth-order valence-electron chi connectivity index (χ4n) is 5.01. The van der Waals surface area contributed by atoms with Crippen molar-refractivity contribution >= 4 is 11.6 Å². The molecule has 3 aromatic rings. The van der Waals surface area contributed by atoms with Gasteiger partial charge in [-0.1, -0.05) is 38.1 Å². The Morgan fingerprint density at radius 1 is 0.970 bits per heavy atom. The monoisotopic (exact) mass is 445 g/mol. The molecule has 2 heterocycles. The molecule has 0 bridgehead atoms. The lowest BCUT2D eigenvalue weighted by Gasteiger charge is -2.37. The third kappa shape index (κ3) is 3.44. The van der Waals surface area contributed by atoms with E-state index in [1.807, 2.05) is 48.5 Å². The predicted molar refractivity (Wildman–Crippen MR) is 126 cm³/mol. The summed E-state index contributed by atoms with van der Waals surface area (Å²) in [4.78, 5) is 27.1. The second-order valence-electron chi connectivity index (χ2n) is 9.38. The molecule has 170 valence electrons. The number of nitrogens with zero attached hydrogens (tertiary/aromatic N) is 1. The number of anilines is 1. The van der Waals surface area contributed by atoms with Crippen LogP contribution in [0.2, 0.25) is 0 Å². The number of nitrogens with one attached hydrogen (secondary N) is 2. The second-order valence-corrected chi connectivity index (χ2v) is 9.38. The molecule has 0 fully saturated rings. The number of rotatable bonds is 4. The standard InChI is InChI=1S/C26H27N3O4/c1-26(2)13-17-22(18(30)14-26)21(15-10-11-19(32-3)20(12-15)33-4)23-24(27-17)28-29(25(23)31)16-8-6-5-7-9-16/h5-12,21,27-28H,13-14H2,1-4H3/t21-/m1/s1. The minimum absolute atomic E-state index is 0.0612. The molecule has 0 saturated carbocycles. The van der Waals surface area contributed by atoms with Crippen LogP contribution < -0.4 is 20.3 Å². The van der Waals surface area contributed by atoms with Gasteiger partial charge in [0.25, 0.3) is 5.56 Å². The lowest BCUT2D eigenvalue weighted by molar-refractivity contribution is -0.118. The van der Waals surface area contributed by atoms with E-state index in [2.05, 4.69) is 24.3 Å². The van der Waals surface area contributed by atoms with Gasteiger partial charge in [0.1, 0.15) is 5.82 Å². The maximum atomic E-state index is 13.7. The maximum absolute atomic E-state index is 13.7. The number of Topliss-reactive ketones (excluding diaryl/α,β-unsaturated/α-hetero) is 1. The lowest BCUT2D eigenvalue weighted by Crippen LogP contribution is -2.35. The Hall–Kier alpha value is -3.74. The average molecular weight is 446 g/mol. The number of ether oxygens (including phenoxy) is 2. The minimum atomic E-state index is -0.506. The molecular weight excluding hydrogens is 418 g/mol. The van der Waals surface area contributed by atoms with Gasteiger partial charge in [0.05, 0.1) is 25.5 Å². The Morgan fingerprint density at radius 2 is 1.70 bits per heavy atom. The van der Waals surface area contributed by atoms with Gasteiger partial charge in [-0.15, -0.1) is 0 Å². The molecule has 1 aliphatic carbocycles. The summed E-state index contributed by atoms with van der Waals surface area (Å²) >= 11 is 0. The van der Waals surface area contributed by atoms with E-state index in [1.54, 1.807) is 14.2 Å². The maximum Gasteiger partial charge on any atom is 0.277 e. The van der Waals surface area contributed by atoms with Crippen molar-refractivity contribution in [2.24, 2.45) is 5.41 Å². The number of hydrogen-bond donors (Lipinski definition) is 2. The molecule has 2 aromatic carbocycles. The number of carbonyl (C=O) groups excluding carboxylic acids is 1. The number of aromatic amines is 1. The fourth-order valence-corrected chi connectivity index (χ4v) is 5.01. The fraction of sp³-hybridized carbons (Fsp3) is 0.308. The SMILES string of the molecule is COc1ccc([C@@H]2C3=C(CC(C)(C)CC3=O)Nc3[nH]n(-c4ccccc4)c(=O)c32)cc1OC. The Morgan fingerprint density at radius 3 is 2.39 bits per heavy atom. The first-order valence-electron chi connectivity index (χ1n) is 11.0. The van der Waals surface area contributed by atoms with Crippen LogP contribution in [0, 0.1) is 5.41 Å². The number of carbonyl (C=O) groups is 1. The van der Waals surface area contributed by atoms with Crippen LogP contribution in [0.3, 0.4) is 0 Å².